The smallest absolute Gasteiger partial charge is 0.129 e. The Hall–Kier alpha value is -1.16. The van der Waals surface area contributed by atoms with Crippen molar-refractivity contribution < 1.29 is 5.11 Å². The van der Waals surface area contributed by atoms with Crippen molar-refractivity contribution in [2.45, 2.75) is 32.6 Å². The first kappa shape index (κ1) is 11.9. The van der Waals surface area contributed by atoms with Crippen LogP contribution in [0.25, 0.3) is 0 Å². The minimum Gasteiger partial charge on any atom is -0.396 e. The SMILES string of the molecule is CC(C)(C)c1cc(NCCCO)ncn1. The molecule has 1 heterocycles. The van der Waals surface area contributed by atoms with E-state index in [1.807, 2.05) is 6.07 Å². The summed E-state index contributed by atoms with van der Waals surface area (Å²) in [5.74, 6) is 0.823. The van der Waals surface area contributed by atoms with Crippen molar-refractivity contribution in [3.63, 3.8) is 0 Å². The summed E-state index contributed by atoms with van der Waals surface area (Å²) in [6, 6.07) is 1.96. The van der Waals surface area contributed by atoms with Gasteiger partial charge in [-0.2, -0.15) is 0 Å². The molecule has 4 nitrogen and oxygen atoms in total. The maximum Gasteiger partial charge on any atom is 0.129 e. The number of hydrogen-bond donors (Lipinski definition) is 2. The van der Waals surface area contributed by atoms with Crippen molar-refractivity contribution in [1.29, 1.82) is 0 Å². The van der Waals surface area contributed by atoms with Crippen LogP contribution in [-0.4, -0.2) is 28.2 Å². The number of hydrogen-bond acceptors (Lipinski definition) is 4. The maximum atomic E-state index is 8.66. The molecular weight excluding hydrogens is 190 g/mol. The zero-order chi connectivity index (χ0) is 11.3. The van der Waals surface area contributed by atoms with Gasteiger partial charge in [0.25, 0.3) is 0 Å². The molecule has 0 aliphatic carbocycles. The summed E-state index contributed by atoms with van der Waals surface area (Å²) in [5.41, 5.74) is 1.06. The lowest BCUT2D eigenvalue weighted by Gasteiger charge is -2.17. The fourth-order valence-electron chi connectivity index (χ4n) is 1.16. The van der Waals surface area contributed by atoms with Gasteiger partial charge in [-0.3, -0.25) is 0 Å². The summed E-state index contributed by atoms with van der Waals surface area (Å²) < 4.78 is 0. The summed E-state index contributed by atoms with van der Waals surface area (Å²) in [6.45, 7) is 7.29. The van der Waals surface area contributed by atoms with Crippen LogP contribution in [0.1, 0.15) is 32.9 Å². The molecule has 0 spiro atoms. The third-order valence-electron chi connectivity index (χ3n) is 2.08. The molecule has 0 saturated carbocycles. The van der Waals surface area contributed by atoms with Crippen LogP contribution in [0.2, 0.25) is 0 Å². The molecule has 0 amide bonds. The number of anilines is 1. The van der Waals surface area contributed by atoms with Crippen molar-refractivity contribution >= 4 is 5.82 Å². The number of aliphatic hydroxyl groups is 1. The minimum absolute atomic E-state index is 0.0380. The average molecular weight is 209 g/mol. The van der Waals surface area contributed by atoms with Crippen LogP contribution in [-0.2, 0) is 5.41 Å². The molecule has 15 heavy (non-hydrogen) atoms. The zero-order valence-corrected chi connectivity index (χ0v) is 9.62. The van der Waals surface area contributed by atoms with Crippen molar-refractivity contribution in [2.24, 2.45) is 0 Å². The summed E-state index contributed by atoms with van der Waals surface area (Å²) in [4.78, 5) is 8.36. The van der Waals surface area contributed by atoms with Gasteiger partial charge in [-0.15, -0.1) is 0 Å². The Kier molecular flexibility index (Phi) is 4.03. The van der Waals surface area contributed by atoms with E-state index in [-0.39, 0.29) is 12.0 Å². The molecule has 1 aromatic rings. The lowest BCUT2D eigenvalue weighted by molar-refractivity contribution is 0.292. The van der Waals surface area contributed by atoms with Gasteiger partial charge in [-0.25, -0.2) is 9.97 Å². The summed E-state index contributed by atoms with van der Waals surface area (Å²) >= 11 is 0. The molecule has 0 fully saturated rings. The van der Waals surface area contributed by atoms with E-state index in [2.05, 4.69) is 36.1 Å². The molecule has 0 atom stereocenters. The molecule has 0 bridgehead atoms. The molecular formula is C11H19N3O. The van der Waals surface area contributed by atoms with E-state index in [1.165, 1.54) is 0 Å². The quantitative estimate of drug-likeness (QED) is 0.739. The zero-order valence-electron chi connectivity index (χ0n) is 9.62. The standard InChI is InChI=1S/C11H19N3O/c1-11(2,3)9-7-10(14-8-13-9)12-5-4-6-15/h7-8,15H,4-6H2,1-3H3,(H,12,13,14). The van der Waals surface area contributed by atoms with Gasteiger partial charge in [0.05, 0.1) is 5.69 Å². The lowest BCUT2D eigenvalue weighted by Crippen LogP contribution is -2.15. The Labute approximate surface area is 90.8 Å². The highest BCUT2D eigenvalue weighted by Crippen LogP contribution is 2.20. The van der Waals surface area contributed by atoms with E-state index in [4.69, 9.17) is 5.11 Å². The molecule has 1 aromatic heterocycles. The van der Waals surface area contributed by atoms with Crippen LogP contribution in [0.15, 0.2) is 12.4 Å². The maximum absolute atomic E-state index is 8.66. The molecule has 0 radical (unpaired) electrons. The number of nitrogens with zero attached hydrogens (tertiary/aromatic N) is 2. The van der Waals surface area contributed by atoms with Crippen LogP contribution in [0.4, 0.5) is 5.82 Å². The topological polar surface area (TPSA) is 58.0 Å². The summed E-state index contributed by atoms with van der Waals surface area (Å²) in [5, 5.41) is 11.8. The first-order chi connectivity index (χ1) is 7.04. The number of rotatable bonds is 4. The summed E-state index contributed by atoms with van der Waals surface area (Å²) in [7, 11) is 0. The average Bonchev–Trinajstić information content (AvgIpc) is 2.17. The van der Waals surface area contributed by atoms with Crippen molar-refractivity contribution in [3.8, 4) is 0 Å². The van der Waals surface area contributed by atoms with E-state index < -0.39 is 0 Å². The van der Waals surface area contributed by atoms with Crippen molar-refractivity contribution in [1.82, 2.24) is 9.97 Å². The van der Waals surface area contributed by atoms with Gasteiger partial charge in [0.1, 0.15) is 12.1 Å². The molecule has 0 aliphatic rings. The predicted octanol–water partition coefficient (Wildman–Crippen LogP) is 1.57. The molecule has 84 valence electrons. The molecule has 1 rings (SSSR count). The van der Waals surface area contributed by atoms with E-state index in [9.17, 15) is 0 Å². The van der Waals surface area contributed by atoms with Gasteiger partial charge in [0.15, 0.2) is 0 Å². The van der Waals surface area contributed by atoms with E-state index >= 15 is 0 Å². The molecule has 2 N–H and O–H groups in total. The van der Waals surface area contributed by atoms with E-state index in [1.54, 1.807) is 6.33 Å². The van der Waals surface area contributed by atoms with Gasteiger partial charge in [-0.1, -0.05) is 20.8 Å². The fraction of sp³-hybridized carbons (Fsp3) is 0.636. The monoisotopic (exact) mass is 209 g/mol. The highest BCUT2D eigenvalue weighted by molar-refractivity contribution is 5.36. The first-order valence-corrected chi connectivity index (χ1v) is 5.21. The lowest BCUT2D eigenvalue weighted by atomic mass is 9.92. The molecule has 0 aliphatic heterocycles. The second kappa shape index (κ2) is 5.07. The minimum atomic E-state index is 0.0380. The van der Waals surface area contributed by atoms with Crippen LogP contribution in [0.5, 0.6) is 0 Å². The Balaban J connectivity index is 2.66. The van der Waals surface area contributed by atoms with Crippen LogP contribution in [0.3, 0.4) is 0 Å². The highest BCUT2D eigenvalue weighted by atomic mass is 16.3. The van der Waals surface area contributed by atoms with Crippen molar-refractivity contribution in [2.75, 3.05) is 18.5 Å². The third kappa shape index (κ3) is 3.83. The van der Waals surface area contributed by atoms with Gasteiger partial charge in [0, 0.05) is 24.6 Å². The van der Waals surface area contributed by atoms with Crippen LogP contribution in [0, 0.1) is 0 Å². The Bertz CT molecular complexity index is 307. The molecule has 0 aromatic carbocycles. The van der Waals surface area contributed by atoms with Gasteiger partial charge in [0.2, 0.25) is 0 Å². The van der Waals surface area contributed by atoms with Crippen molar-refractivity contribution in [3.05, 3.63) is 18.1 Å². The Morgan fingerprint density at radius 1 is 1.33 bits per heavy atom. The Morgan fingerprint density at radius 2 is 2.07 bits per heavy atom. The van der Waals surface area contributed by atoms with E-state index in [0.717, 1.165) is 24.5 Å². The second-order valence-electron chi connectivity index (χ2n) is 4.54. The van der Waals surface area contributed by atoms with Crippen LogP contribution >= 0.6 is 0 Å². The molecule has 0 unspecified atom stereocenters. The van der Waals surface area contributed by atoms with E-state index in [0.29, 0.717) is 0 Å². The molecule has 4 heteroatoms. The first-order valence-electron chi connectivity index (χ1n) is 5.21. The number of aromatic nitrogens is 2. The van der Waals surface area contributed by atoms with Gasteiger partial charge >= 0.3 is 0 Å². The fourth-order valence-corrected chi connectivity index (χ4v) is 1.16. The Morgan fingerprint density at radius 3 is 2.67 bits per heavy atom. The van der Waals surface area contributed by atoms with Gasteiger partial charge in [-0.05, 0) is 6.42 Å². The molecule has 0 saturated heterocycles. The number of aliphatic hydroxyl groups excluding tert-OH is 1. The third-order valence-corrected chi connectivity index (χ3v) is 2.08. The largest absolute Gasteiger partial charge is 0.396 e. The van der Waals surface area contributed by atoms with Crippen LogP contribution < -0.4 is 5.32 Å². The second-order valence-corrected chi connectivity index (χ2v) is 4.54. The normalized spacial score (nSPS) is 11.5. The number of nitrogens with one attached hydrogen (secondary N) is 1. The predicted molar refractivity (Wildman–Crippen MR) is 60.9 cm³/mol. The highest BCUT2D eigenvalue weighted by Gasteiger charge is 2.15. The van der Waals surface area contributed by atoms with Gasteiger partial charge < -0.3 is 10.4 Å². The summed E-state index contributed by atoms with van der Waals surface area (Å²) in [6.07, 6.45) is 2.30.